The Hall–Kier alpha value is -0.930. The van der Waals surface area contributed by atoms with Gasteiger partial charge in [0.15, 0.2) is 0 Å². The van der Waals surface area contributed by atoms with E-state index in [0.29, 0.717) is 6.10 Å². The van der Waals surface area contributed by atoms with E-state index in [9.17, 15) is 0 Å². The second-order valence-electron chi connectivity index (χ2n) is 4.39. The van der Waals surface area contributed by atoms with E-state index in [0.717, 1.165) is 50.5 Å². The Morgan fingerprint density at radius 3 is 2.33 bits per heavy atom. The molecule has 3 nitrogen and oxygen atoms in total. The number of piperidine rings is 1. The molecule has 0 bridgehead atoms. The minimum absolute atomic E-state index is 0. The summed E-state index contributed by atoms with van der Waals surface area (Å²) in [5.74, 6) is 1.87. The number of benzene rings is 1. The lowest BCUT2D eigenvalue weighted by atomic mass is 10.1. The van der Waals surface area contributed by atoms with Crippen LogP contribution in [0.25, 0.3) is 0 Å². The van der Waals surface area contributed by atoms with Crippen LogP contribution < -0.4 is 14.8 Å². The molecule has 1 aromatic rings. The summed E-state index contributed by atoms with van der Waals surface area (Å²) in [5, 5.41) is 3.33. The molecule has 1 saturated heterocycles. The van der Waals surface area contributed by atoms with Gasteiger partial charge in [-0.05, 0) is 56.6 Å². The maximum Gasteiger partial charge on any atom is 0.119 e. The van der Waals surface area contributed by atoms with Gasteiger partial charge in [0.1, 0.15) is 17.6 Å². The molecule has 1 aliphatic rings. The van der Waals surface area contributed by atoms with Crippen molar-refractivity contribution in [3.63, 3.8) is 0 Å². The highest BCUT2D eigenvalue weighted by atomic mass is 35.5. The monoisotopic (exact) mass is 271 g/mol. The summed E-state index contributed by atoms with van der Waals surface area (Å²) >= 11 is 0. The normalized spacial score (nSPS) is 15.8. The Kier molecular flexibility index (Phi) is 6.91. The van der Waals surface area contributed by atoms with E-state index in [2.05, 4.69) is 12.2 Å². The van der Waals surface area contributed by atoms with Crippen LogP contribution >= 0.6 is 12.4 Å². The maximum absolute atomic E-state index is 5.92. The minimum atomic E-state index is 0. The Bertz CT molecular complexity index is 323. The van der Waals surface area contributed by atoms with Crippen LogP contribution in [0.4, 0.5) is 0 Å². The predicted octanol–water partition coefficient (Wildman–Crippen LogP) is 3.03. The molecule has 102 valence electrons. The van der Waals surface area contributed by atoms with E-state index >= 15 is 0 Å². The standard InChI is InChI=1S/C14H21NO2.ClH/c1-2-11-16-12-3-5-13(6-4-12)17-14-7-9-15-10-8-14;/h3-6,14-15H,2,7-11H2,1H3;1H. The molecular formula is C14H22ClNO2. The van der Waals surface area contributed by atoms with Gasteiger partial charge in [0.05, 0.1) is 6.61 Å². The van der Waals surface area contributed by atoms with Crippen molar-refractivity contribution in [1.82, 2.24) is 5.32 Å². The van der Waals surface area contributed by atoms with Crippen molar-refractivity contribution in [3.05, 3.63) is 24.3 Å². The zero-order valence-corrected chi connectivity index (χ0v) is 11.7. The van der Waals surface area contributed by atoms with Crippen LogP contribution in [-0.2, 0) is 0 Å². The number of hydrogen-bond acceptors (Lipinski definition) is 3. The fourth-order valence-electron chi connectivity index (χ4n) is 1.94. The fraction of sp³-hybridized carbons (Fsp3) is 0.571. The molecule has 0 spiro atoms. The first-order valence-electron chi connectivity index (χ1n) is 6.48. The van der Waals surface area contributed by atoms with Crippen molar-refractivity contribution in [1.29, 1.82) is 0 Å². The molecule has 1 heterocycles. The lowest BCUT2D eigenvalue weighted by molar-refractivity contribution is 0.162. The molecule has 1 aliphatic heterocycles. The topological polar surface area (TPSA) is 30.5 Å². The van der Waals surface area contributed by atoms with Gasteiger partial charge in [0, 0.05) is 0 Å². The minimum Gasteiger partial charge on any atom is -0.494 e. The predicted molar refractivity (Wildman–Crippen MR) is 76.0 cm³/mol. The van der Waals surface area contributed by atoms with Crippen LogP contribution in [-0.4, -0.2) is 25.8 Å². The number of hydrogen-bond donors (Lipinski definition) is 1. The van der Waals surface area contributed by atoms with Crippen molar-refractivity contribution in [2.45, 2.75) is 32.3 Å². The van der Waals surface area contributed by atoms with E-state index in [-0.39, 0.29) is 12.4 Å². The zero-order chi connectivity index (χ0) is 11.9. The largest absolute Gasteiger partial charge is 0.494 e. The number of rotatable bonds is 5. The molecular weight excluding hydrogens is 250 g/mol. The first-order valence-corrected chi connectivity index (χ1v) is 6.48. The first kappa shape index (κ1) is 15.1. The van der Waals surface area contributed by atoms with Crippen LogP contribution in [0.1, 0.15) is 26.2 Å². The number of halogens is 1. The second-order valence-corrected chi connectivity index (χ2v) is 4.39. The third kappa shape index (κ3) is 4.75. The Balaban J connectivity index is 0.00000162. The van der Waals surface area contributed by atoms with E-state index in [4.69, 9.17) is 9.47 Å². The van der Waals surface area contributed by atoms with Crippen LogP contribution in [0.3, 0.4) is 0 Å². The smallest absolute Gasteiger partial charge is 0.119 e. The highest BCUT2D eigenvalue weighted by Crippen LogP contribution is 2.20. The van der Waals surface area contributed by atoms with Crippen molar-refractivity contribution in [2.75, 3.05) is 19.7 Å². The van der Waals surface area contributed by atoms with Crippen LogP contribution in [0.15, 0.2) is 24.3 Å². The molecule has 0 radical (unpaired) electrons. The van der Waals surface area contributed by atoms with Crippen molar-refractivity contribution >= 4 is 12.4 Å². The van der Waals surface area contributed by atoms with Crippen LogP contribution in [0.2, 0.25) is 0 Å². The van der Waals surface area contributed by atoms with E-state index < -0.39 is 0 Å². The van der Waals surface area contributed by atoms with E-state index in [1.165, 1.54) is 0 Å². The molecule has 0 amide bonds. The SMILES string of the molecule is CCCOc1ccc(OC2CCNCC2)cc1.Cl. The highest BCUT2D eigenvalue weighted by molar-refractivity contribution is 5.85. The third-order valence-electron chi connectivity index (χ3n) is 2.89. The lowest BCUT2D eigenvalue weighted by Gasteiger charge is -2.23. The molecule has 4 heteroatoms. The molecule has 0 unspecified atom stereocenters. The van der Waals surface area contributed by atoms with E-state index in [1.807, 2.05) is 24.3 Å². The van der Waals surface area contributed by atoms with Crippen molar-refractivity contribution < 1.29 is 9.47 Å². The van der Waals surface area contributed by atoms with Gasteiger partial charge >= 0.3 is 0 Å². The third-order valence-corrected chi connectivity index (χ3v) is 2.89. The first-order chi connectivity index (χ1) is 8.38. The molecule has 0 saturated carbocycles. The lowest BCUT2D eigenvalue weighted by Crippen LogP contribution is -2.34. The van der Waals surface area contributed by atoms with Gasteiger partial charge in [-0.15, -0.1) is 12.4 Å². The molecule has 1 aromatic carbocycles. The molecule has 1 fully saturated rings. The Morgan fingerprint density at radius 2 is 1.72 bits per heavy atom. The van der Waals surface area contributed by atoms with Gasteiger partial charge in [-0.25, -0.2) is 0 Å². The zero-order valence-electron chi connectivity index (χ0n) is 10.9. The molecule has 0 aliphatic carbocycles. The van der Waals surface area contributed by atoms with E-state index in [1.54, 1.807) is 0 Å². The molecule has 0 atom stereocenters. The van der Waals surface area contributed by atoms with Gasteiger partial charge in [0.2, 0.25) is 0 Å². The summed E-state index contributed by atoms with van der Waals surface area (Å²) in [7, 11) is 0. The average molecular weight is 272 g/mol. The summed E-state index contributed by atoms with van der Waals surface area (Å²) in [4.78, 5) is 0. The summed E-state index contributed by atoms with van der Waals surface area (Å²) in [5.41, 5.74) is 0. The summed E-state index contributed by atoms with van der Waals surface area (Å²) in [6, 6.07) is 7.94. The second kappa shape index (κ2) is 8.22. The molecule has 18 heavy (non-hydrogen) atoms. The number of nitrogens with one attached hydrogen (secondary N) is 1. The molecule has 1 N–H and O–H groups in total. The molecule has 0 aromatic heterocycles. The summed E-state index contributed by atoms with van der Waals surface area (Å²) in [6.07, 6.45) is 3.58. The van der Waals surface area contributed by atoms with Gasteiger partial charge in [0.25, 0.3) is 0 Å². The Morgan fingerprint density at radius 1 is 1.11 bits per heavy atom. The van der Waals surface area contributed by atoms with Crippen molar-refractivity contribution in [2.24, 2.45) is 0 Å². The maximum atomic E-state index is 5.92. The number of ether oxygens (including phenoxy) is 2. The average Bonchev–Trinajstić information content (AvgIpc) is 2.39. The van der Waals surface area contributed by atoms with Gasteiger partial charge in [-0.3, -0.25) is 0 Å². The fourth-order valence-corrected chi connectivity index (χ4v) is 1.94. The quantitative estimate of drug-likeness (QED) is 0.893. The molecule has 2 rings (SSSR count). The highest BCUT2D eigenvalue weighted by Gasteiger charge is 2.14. The Labute approximate surface area is 115 Å². The summed E-state index contributed by atoms with van der Waals surface area (Å²) < 4.78 is 11.5. The van der Waals surface area contributed by atoms with Crippen LogP contribution in [0.5, 0.6) is 11.5 Å². The van der Waals surface area contributed by atoms with Gasteiger partial charge < -0.3 is 14.8 Å². The van der Waals surface area contributed by atoms with Gasteiger partial charge in [-0.1, -0.05) is 6.92 Å². The van der Waals surface area contributed by atoms with Gasteiger partial charge in [-0.2, -0.15) is 0 Å². The van der Waals surface area contributed by atoms with Crippen molar-refractivity contribution in [3.8, 4) is 11.5 Å². The summed E-state index contributed by atoms with van der Waals surface area (Å²) in [6.45, 7) is 4.99. The van der Waals surface area contributed by atoms with Crippen LogP contribution in [0, 0.1) is 0 Å².